The number of amides is 1. The largest absolute Gasteiger partial charge is 0.452 e. The number of hydrogen-bond donors (Lipinski definition) is 1. The van der Waals surface area contributed by atoms with Crippen LogP contribution in [0.2, 0.25) is 5.02 Å². The van der Waals surface area contributed by atoms with Crippen molar-refractivity contribution >= 4 is 40.1 Å². The Morgan fingerprint density at radius 3 is 2.57 bits per heavy atom. The number of anilines is 1. The number of nitrogens with one attached hydrogen (secondary N) is 1. The van der Waals surface area contributed by atoms with Crippen molar-refractivity contribution in [1.82, 2.24) is 4.98 Å². The lowest BCUT2D eigenvalue weighted by Crippen LogP contribution is -2.23. The lowest BCUT2D eigenvalue weighted by atomic mass is 10.1. The van der Waals surface area contributed by atoms with Crippen LogP contribution in [-0.4, -0.2) is 23.5 Å². The number of esters is 1. The maximum atomic E-state index is 13.3. The normalized spacial score (nSPS) is 11.4. The van der Waals surface area contributed by atoms with Gasteiger partial charge in [0.05, 0.1) is 28.0 Å². The minimum Gasteiger partial charge on any atom is -0.452 e. The number of hydrogen-bond acceptors (Lipinski definition) is 4. The van der Waals surface area contributed by atoms with E-state index in [0.29, 0.717) is 17.0 Å². The number of benzene rings is 2. The van der Waals surface area contributed by atoms with E-state index >= 15 is 0 Å². The van der Waals surface area contributed by atoms with Crippen molar-refractivity contribution in [3.8, 4) is 0 Å². The highest BCUT2D eigenvalue weighted by atomic mass is 35.5. The first-order chi connectivity index (χ1) is 14.0. The molecule has 30 heavy (non-hydrogen) atoms. The van der Waals surface area contributed by atoms with Gasteiger partial charge in [-0.05, 0) is 43.3 Å². The van der Waals surface area contributed by atoms with Crippen LogP contribution in [0, 0.1) is 12.7 Å². The number of nitrogens with zero attached hydrogens (tertiary/aromatic N) is 1. The summed E-state index contributed by atoms with van der Waals surface area (Å²) >= 11 is 5.59. The molecule has 1 aromatic heterocycles. The first-order valence-corrected chi connectivity index (χ1v) is 8.83. The quantitative estimate of drug-likeness (QED) is 0.450. The van der Waals surface area contributed by atoms with Crippen molar-refractivity contribution in [2.45, 2.75) is 13.1 Å². The van der Waals surface area contributed by atoms with Gasteiger partial charge in [0, 0.05) is 16.5 Å². The zero-order chi connectivity index (χ0) is 22.1. The molecule has 0 saturated carbocycles. The Labute approximate surface area is 172 Å². The Bertz CT molecular complexity index is 1150. The van der Waals surface area contributed by atoms with E-state index in [2.05, 4.69) is 4.98 Å². The smallest absolute Gasteiger partial charge is 0.418 e. The van der Waals surface area contributed by atoms with E-state index in [1.54, 1.807) is 0 Å². The third-order valence-electron chi connectivity index (χ3n) is 4.09. The molecule has 0 fully saturated rings. The summed E-state index contributed by atoms with van der Waals surface area (Å²) in [6.07, 6.45) is -4.74. The van der Waals surface area contributed by atoms with Gasteiger partial charge in [0.25, 0.3) is 5.91 Å². The number of pyridine rings is 1. The molecule has 0 radical (unpaired) electrons. The zero-order valence-electron chi connectivity index (χ0n) is 15.3. The van der Waals surface area contributed by atoms with E-state index in [1.807, 2.05) is 5.32 Å². The highest BCUT2D eigenvalue weighted by molar-refractivity contribution is 6.30. The molecule has 0 aliphatic rings. The Morgan fingerprint density at radius 2 is 1.87 bits per heavy atom. The summed E-state index contributed by atoms with van der Waals surface area (Å²) in [7, 11) is 0. The SMILES string of the molecule is Cc1nc2cc(F)ccc2cc1C(=O)OCC(=O)Nc1ccc(Cl)cc1C(F)(F)F. The molecule has 0 spiro atoms. The minimum atomic E-state index is -4.74. The first kappa shape index (κ1) is 21.5. The van der Waals surface area contributed by atoms with Crippen molar-refractivity contribution in [3.63, 3.8) is 0 Å². The summed E-state index contributed by atoms with van der Waals surface area (Å²) in [4.78, 5) is 28.4. The summed E-state index contributed by atoms with van der Waals surface area (Å²) in [6, 6.07) is 8.13. The molecule has 5 nitrogen and oxygen atoms in total. The Kier molecular flexibility index (Phi) is 5.93. The molecule has 3 rings (SSSR count). The van der Waals surface area contributed by atoms with E-state index in [-0.39, 0.29) is 16.3 Å². The van der Waals surface area contributed by atoms with Gasteiger partial charge in [-0.15, -0.1) is 0 Å². The molecule has 0 aliphatic carbocycles. The van der Waals surface area contributed by atoms with Gasteiger partial charge in [-0.2, -0.15) is 13.2 Å². The topological polar surface area (TPSA) is 68.3 Å². The van der Waals surface area contributed by atoms with Crippen LogP contribution in [0.1, 0.15) is 21.6 Å². The van der Waals surface area contributed by atoms with Crippen molar-refractivity contribution < 1.29 is 31.9 Å². The second-order valence-electron chi connectivity index (χ2n) is 6.27. The molecule has 0 atom stereocenters. The Balaban J connectivity index is 1.71. The van der Waals surface area contributed by atoms with E-state index in [9.17, 15) is 27.2 Å². The van der Waals surface area contributed by atoms with Gasteiger partial charge >= 0.3 is 12.1 Å². The molecule has 0 saturated heterocycles. The number of alkyl halides is 3. The molecule has 10 heteroatoms. The van der Waals surface area contributed by atoms with Crippen molar-refractivity contribution in [2.24, 2.45) is 0 Å². The number of carbonyl (C=O) groups is 2. The number of carbonyl (C=O) groups excluding carboxylic acids is 2. The first-order valence-electron chi connectivity index (χ1n) is 8.45. The molecule has 0 unspecified atom stereocenters. The van der Waals surface area contributed by atoms with Crippen LogP contribution in [0.15, 0.2) is 42.5 Å². The van der Waals surface area contributed by atoms with Gasteiger partial charge in [0.1, 0.15) is 5.82 Å². The summed E-state index contributed by atoms with van der Waals surface area (Å²) in [5, 5.41) is 2.38. The van der Waals surface area contributed by atoms with Crippen LogP contribution in [0.4, 0.5) is 23.2 Å². The summed E-state index contributed by atoms with van der Waals surface area (Å²) in [5.41, 5.74) is -1.01. The lowest BCUT2D eigenvalue weighted by Gasteiger charge is -2.14. The van der Waals surface area contributed by atoms with Crippen LogP contribution in [0.3, 0.4) is 0 Å². The Morgan fingerprint density at radius 1 is 1.13 bits per heavy atom. The molecule has 2 aromatic carbocycles. The minimum absolute atomic E-state index is 0.0457. The lowest BCUT2D eigenvalue weighted by molar-refractivity contribution is -0.137. The molecule has 3 aromatic rings. The molecule has 0 bridgehead atoms. The van der Waals surface area contributed by atoms with E-state index in [0.717, 1.165) is 6.07 Å². The van der Waals surface area contributed by atoms with Gasteiger partial charge in [-0.1, -0.05) is 11.6 Å². The predicted octanol–water partition coefficient (Wildman–Crippen LogP) is 5.15. The Hall–Kier alpha value is -3.20. The fourth-order valence-electron chi connectivity index (χ4n) is 2.70. The van der Waals surface area contributed by atoms with E-state index in [4.69, 9.17) is 16.3 Å². The molecular weight excluding hydrogens is 428 g/mol. The van der Waals surface area contributed by atoms with Crippen LogP contribution in [0.25, 0.3) is 10.9 Å². The number of rotatable bonds is 4. The van der Waals surface area contributed by atoms with Crippen LogP contribution < -0.4 is 5.32 Å². The third kappa shape index (κ3) is 4.85. The van der Waals surface area contributed by atoms with Crippen LogP contribution in [0.5, 0.6) is 0 Å². The van der Waals surface area contributed by atoms with E-state index < -0.39 is 41.7 Å². The summed E-state index contributed by atoms with van der Waals surface area (Å²) < 4.78 is 57.4. The zero-order valence-corrected chi connectivity index (χ0v) is 16.1. The van der Waals surface area contributed by atoms with Crippen LogP contribution in [-0.2, 0) is 15.7 Å². The molecule has 1 N–H and O–H groups in total. The number of fused-ring (bicyclic) bond motifs is 1. The second-order valence-corrected chi connectivity index (χ2v) is 6.71. The predicted molar refractivity (Wildman–Crippen MR) is 102 cm³/mol. The number of ether oxygens (including phenoxy) is 1. The van der Waals surface area contributed by atoms with Crippen molar-refractivity contribution in [3.05, 3.63) is 70.1 Å². The fraction of sp³-hybridized carbons (Fsp3) is 0.150. The van der Waals surface area contributed by atoms with E-state index in [1.165, 1.54) is 37.3 Å². The van der Waals surface area contributed by atoms with Crippen molar-refractivity contribution in [1.29, 1.82) is 0 Å². The van der Waals surface area contributed by atoms with Gasteiger partial charge in [0.2, 0.25) is 0 Å². The molecule has 1 heterocycles. The molecule has 0 aliphatic heterocycles. The van der Waals surface area contributed by atoms with Gasteiger partial charge in [-0.3, -0.25) is 9.78 Å². The monoisotopic (exact) mass is 440 g/mol. The summed E-state index contributed by atoms with van der Waals surface area (Å²) in [5.74, 6) is -2.35. The maximum absolute atomic E-state index is 13.3. The molecular formula is C20H13ClF4N2O3. The highest BCUT2D eigenvalue weighted by Gasteiger charge is 2.34. The number of aryl methyl sites for hydroxylation is 1. The second kappa shape index (κ2) is 8.27. The highest BCUT2D eigenvalue weighted by Crippen LogP contribution is 2.36. The van der Waals surface area contributed by atoms with Gasteiger partial charge in [-0.25, -0.2) is 9.18 Å². The molecule has 1 amide bonds. The van der Waals surface area contributed by atoms with Crippen LogP contribution >= 0.6 is 11.6 Å². The maximum Gasteiger partial charge on any atom is 0.418 e. The standard InChI is InChI=1S/C20H13ClF4N2O3/c1-10-14(6-11-2-4-13(22)8-17(11)26-10)19(29)30-9-18(28)27-16-5-3-12(21)7-15(16)20(23,24)25/h2-8H,9H2,1H3,(H,27,28). The molecule has 156 valence electrons. The third-order valence-corrected chi connectivity index (χ3v) is 4.32. The van der Waals surface area contributed by atoms with Gasteiger partial charge in [0.15, 0.2) is 6.61 Å². The average molecular weight is 441 g/mol. The number of halogens is 5. The average Bonchev–Trinajstić information content (AvgIpc) is 2.66. The summed E-state index contributed by atoms with van der Waals surface area (Å²) in [6.45, 7) is 0.685. The van der Waals surface area contributed by atoms with Crippen molar-refractivity contribution in [2.75, 3.05) is 11.9 Å². The number of aromatic nitrogens is 1. The van der Waals surface area contributed by atoms with Gasteiger partial charge < -0.3 is 10.1 Å². The fourth-order valence-corrected chi connectivity index (χ4v) is 2.87.